The van der Waals surface area contributed by atoms with Crippen LogP contribution in [-0.4, -0.2) is 42.8 Å². The monoisotopic (exact) mass is 172 g/mol. The fraction of sp³-hybridized carbons (Fsp3) is 1.00. The Morgan fingerprint density at radius 3 is 2.33 bits per heavy atom. The van der Waals surface area contributed by atoms with Gasteiger partial charge in [-0.1, -0.05) is 0 Å². The Hall–Kier alpha value is -0.120. The first-order valence-electron chi connectivity index (χ1n) is 4.71. The molecule has 1 heterocycles. The molecule has 0 aromatic carbocycles. The van der Waals surface area contributed by atoms with Crippen LogP contribution >= 0.6 is 0 Å². The van der Waals surface area contributed by atoms with Crippen molar-refractivity contribution in [1.29, 1.82) is 0 Å². The van der Waals surface area contributed by atoms with E-state index in [1.54, 1.807) is 0 Å². The average molecular weight is 172 g/mol. The lowest BCUT2D eigenvalue weighted by atomic mass is 10.2. The second kappa shape index (κ2) is 4.21. The maximum atomic E-state index is 5.73. The van der Waals surface area contributed by atoms with E-state index >= 15 is 0 Å². The molecule has 0 aromatic rings. The van der Waals surface area contributed by atoms with E-state index in [0.29, 0.717) is 12.2 Å². The van der Waals surface area contributed by atoms with Gasteiger partial charge in [-0.15, -0.1) is 0 Å². The van der Waals surface area contributed by atoms with Gasteiger partial charge >= 0.3 is 0 Å². The Morgan fingerprint density at radius 2 is 1.92 bits per heavy atom. The predicted octanol–water partition coefficient (Wildman–Crippen LogP) is 0.443. The van der Waals surface area contributed by atoms with E-state index in [9.17, 15) is 0 Å². The van der Waals surface area contributed by atoms with Gasteiger partial charge in [0, 0.05) is 25.7 Å². The van der Waals surface area contributed by atoms with Crippen molar-refractivity contribution in [1.82, 2.24) is 4.90 Å². The summed E-state index contributed by atoms with van der Waals surface area (Å²) in [6.07, 6.45) is 0.708. The van der Waals surface area contributed by atoms with Crippen molar-refractivity contribution < 1.29 is 4.74 Å². The van der Waals surface area contributed by atoms with Crippen LogP contribution in [0.25, 0.3) is 0 Å². The van der Waals surface area contributed by atoms with Crippen LogP contribution in [-0.2, 0) is 4.74 Å². The fourth-order valence-corrected chi connectivity index (χ4v) is 1.84. The van der Waals surface area contributed by atoms with E-state index in [2.05, 4.69) is 18.7 Å². The molecule has 2 N–H and O–H groups in total. The molecule has 0 spiro atoms. The molecule has 0 aromatic heterocycles. The van der Waals surface area contributed by atoms with Crippen molar-refractivity contribution >= 4 is 0 Å². The summed E-state index contributed by atoms with van der Waals surface area (Å²) in [4.78, 5) is 2.38. The lowest BCUT2D eigenvalue weighted by molar-refractivity contribution is -0.0687. The zero-order valence-electron chi connectivity index (χ0n) is 8.29. The highest BCUT2D eigenvalue weighted by molar-refractivity contribution is 4.75. The zero-order chi connectivity index (χ0) is 9.14. The highest BCUT2D eigenvalue weighted by Gasteiger charge is 2.22. The maximum absolute atomic E-state index is 5.73. The van der Waals surface area contributed by atoms with E-state index in [-0.39, 0.29) is 6.04 Å². The molecule has 1 rings (SSSR count). The second-order valence-corrected chi connectivity index (χ2v) is 3.95. The van der Waals surface area contributed by atoms with E-state index in [4.69, 9.17) is 10.5 Å². The molecule has 1 saturated heterocycles. The third-order valence-corrected chi connectivity index (χ3v) is 2.04. The van der Waals surface area contributed by atoms with Gasteiger partial charge in [-0.2, -0.15) is 0 Å². The average Bonchev–Trinajstić information content (AvgIpc) is 1.81. The molecule has 72 valence electrons. The first-order valence-corrected chi connectivity index (χ1v) is 4.71. The first kappa shape index (κ1) is 9.96. The van der Waals surface area contributed by atoms with Crippen LogP contribution in [0.4, 0.5) is 0 Å². The fourth-order valence-electron chi connectivity index (χ4n) is 1.84. The quantitative estimate of drug-likeness (QED) is 0.657. The van der Waals surface area contributed by atoms with Gasteiger partial charge in [0.1, 0.15) is 0 Å². The Kier molecular flexibility index (Phi) is 3.50. The van der Waals surface area contributed by atoms with Gasteiger partial charge in [0.15, 0.2) is 0 Å². The Bertz CT molecular complexity index is 126. The third-order valence-electron chi connectivity index (χ3n) is 2.04. The van der Waals surface area contributed by atoms with Gasteiger partial charge in [-0.3, -0.25) is 4.90 Å². The minimum atomic E-state index is 0.266. The maximum Gasteiger partial charge on any atom is 0.0678 e. The van der Waals surface area contributed by atoms with Crippen LogP contribution in [0.2, 0.25) is 0 Å². The van der Waals surface area contributed by atoms with Crippen LogP contribution in [0.3, 0.4) is 0 Å². The summed E-state index contributed by atoms with van der Waals surface area (Å²) in [6, 6.07) is 0.266. The molecule has 3 atom stereocenters. The summed E-state index contributed by atoms with van der Waals surface area (Å²) in [6.45, 7) is 9.30. The molecule has 1 aliphatic heterocycles. The standard InChI is InChI=1S/C9H20N2O/c1-7(10)4-11-5-8(2)12-9(3)6-11/h7-9H,4-6,10H2,1-3H3. The van der Waals surface area contributed by atoms with Crippen molar-refractivity contribution in [2.75, 3.05) is 19.6 Å². The van der Waals surface area contributed by atoms with Gasteiger partial charge in [0.2, 0.25) is 0 Å². The molecular weight excluding hydrogens is 152 g/mol. The van der Waals surface area contributed by atoms with Crippen LogP contribution < -0.4 is 5.73 Å². The number of morpholine rings is 1. The highest BCUT2D eigenvalue weighted by atomic mass is 16.5. The molecule has 1 fully saturated rings. The lowest BCUT2D eigenvalue weighted by Crippen LogP contribution is -2.48. The molecule has 0 radical (unpaired) electrons. The summed E-state index contributed by atoms with van der Waals surface area (Å²) in [5.74, 6) is 0. The Balaban J connectivity index is 2.34. The van der Waals surface area contributed by atoms with Crippen LogP contribution in [0.15, 0.2) is 0 Å². The van der Waals surface area contributed by atoms with E-state index in [0.717, 1.165) is 19.6 Å². The highest BCUT2D eigenvalue weighted by Crippen LogP contribution is 2.10. The van der Waals surface area contributed by atoms with Gasteiger partial charge in [0.25, 0.3) is 0 Å². The van der Waals surface area contributed by atoms with Crippen molar-refractivity contribution in [3.05, 3.63) is 0 Å². The predicted molar refractivity (Wildman–Crippen MR) is 50.1 cm³/mol. The summed E-state index contributed by atoms with van der Waals surface area (Å²) < 4.78 is 5.62. The lowest BCUT2D eigenvalue weighted by Gasteiger charge is -2.36. The second-order valence-electron chi connectivity index (χ2n) is 3.95. The van der Waals surface area contributed by atoms with E-state index in [1.807, 2.05) is 6.92 Å². The topological polar surface area (TPSA) is 38.5 Å². The first-order chi connectivity index (χ1) is 5.58. The van der Waals surface area contributed by atoms with E-state index in [1.165, 1.54) is 0 Å². The summed E-state index contributed by atoms with van der Waals surface area (Å²) in [5, 5.41) is 0. The minimum absolute atomic E-state index is 0.266. The smallest absolute Gasteiger partial charge is 0.0678 e. The zero-order valence-corrected chi connectivity index (χ0v) is 8.29. The van der Waals surface area contributed by atoms with Crippen molar-refractivity contribution in [3.63, 3.8) is 0 Å². The van der Waals surface area contributed by atoms with Crippen LogP contribution in [0.1, 0.15) is 20.8 Å². The number of nitrogens with zero attached hydrogens (tertiary/aromatic N) is 1. The number of rotatable bonds is 2. The summed E-state index contributed by atoms with van der Waals surface area (Å²) in [7, 11) is 0. The number of ether oxygens (including phenoxy) is 1. The third kappa shape index (κ3) is 3.09. The Labute approximate surface area is 74.9 Å². The molecule has 3 heteroatoms. The normalized spacial score (nSPS) is 35.0. The van der Waals surface area contributed by atoms with Gasteiger partial charge in [-0.05, 0) is 20.8 Å². The molecule has 0 bridgehead atoms. The number of nitrogens with two attached hydrogens (primary N) is 1. The largest absolute Gasteiger partial charge is 0.373 e. The van der Waals surface area contributed by atoms with Gasteiger partial charge < -0.3 is 10.5 Å². The van der Waals surface area contributed by atoms with Gasteiger partial charge in [-0.25, -0.2) is 0 Å². The minimum Gasteiger partial charge on any atom is -0.373 e. The van der Waals surface area contributed by atoms with Crippen molar-refractivity contribution in [2.24, 2.45) is 5.73 Å². The summed E-state index contributed by atoms with van der Waals surface area (Å²) >= 11 is 0. The van der Waals surface area contributed by atoms with Crippen molar-refractivity contribution in [3.8, 4) is 0 Å². The Morgan fingerprint density at radius 1 is 1.42 bits per heavy atom. The summed E-state index contributed by atoms with van der Waals surface area (Å²) in [5.41, 5.74) is 5.73. The van der Waals surface area contributed by atoms with Gasteiger partial charge in [0.05, 0.1) is 12.2 Å². The molecule has 0 aliphatic carbocycles. The molecule has 3 unspecified atom stereocenters. The number of hydrogen-bond acceptors (Lipinski definition) is 3. The SMILES string of the molecule is CC(N)CN1CC(C)OC(C)C1. The molecule has 1 aliphatic rings. The van der Waals surface area contributed by atoms with Crippen LogP contribution in [0, 0.1) is 0 Å². The molecule has 0 saturated carbocycles. The number of hydrogen-bond donors (Lipinski definition) is 1. The molecular formula is C9H20N2O. The molecule has 0 amide bonds. The molecule has 12 heavy (non-hydrogen) atoms. The van der Waals surface area contributed by atoms with Crippen molar-refractivity contribution in [2.45, 2.75) is 39.0 Å². The molecule has 3 nitrogen and oxygen atoms in total. The van der Waals surface area contributed by atoms with E-state index < -0.39 is 0 Å². The van der Waals surface area contributed by atoms with Crippen LogP contribution in [0.5, 0.6) is 0 Å².